The van der Waals surface area contributed by atoms with Crippen molar-refractivity contribution >= 4 is 17.5 Å². The van der Waals surface area contributed by atoms with E-state index >= 15 is 0 Å². The van der Waals surface area contributed by atoms with Crippen molar-refractivity contribution in [3.63, 3.8) is 0 Å². The Morgan fingerprint density at radius 2 is 2.27 bits per heavy atom. The number of aromatic nitrogens is 2. The van der Waals surface area contributed by atoms with E-state index in [9.17, 15) is 4.39 Å². The summed E-state index contributed by atoms with van der Waals surface area (Å²) in [7, 11) is 0. The van der Waals surface area contributed by atoms with E-state index in [1.807, 2.05) is 0 Å². The molecule has 15 heavy (non-hydrogen) atoms. The van der Waals surface area contributed by atoms with Crippen molar-refractivity contribution in [1.82, 2.24) is 9.55 Å². The van der Waals surface area contributed by atoms with E-state index in [4.69, 9.17) is 17.3 Å². The topological polar surface area (TPSA) is 43.8 Å². The highest BCUT2D eigenvalue weighted by molar-refractivity contribution is 6.31. The van der Waals surface area contributed by atoms with Gasteiger partial charge in [-0.3, -0.25) is 0 Å². The largest absolute Gasteiger partial charge is 0.369 e. The van der Waals surface area contributed by atoms with Gasteiger partial charge in [-0.2, -0.15) is 0 Å². The first-order chi connectivity index (χ1) is 7.16. The smallest absolute Gasteiger partial charge is 0.200 e. The van der Waals surface area contributed by atoms with Crippen molar-refractivity contribution < 1.29 is 4.39 Å². The van der Waals surface area contributed by atoms with Gasteiger partial charge in [0.1, 0.15) is 5.82 Å². The molecule has 0 bridgehead atoms. The molecule has 0 aliphatic carbocycles. The van der Waals surface area contributed by atoms with Crippen molar-refractivity contribution in [2.24, 2.45) is 0 Å². The maximum atomic E-state index is 13.0. The van der Waals surface area contributed by atoms with Crippen LogP contribution in [0.25, 0.3) is 0 Å². The molecule has 0 spiro atoms. The molecule has 2 N–H and O–H groups in total. The molecule has 2 rings (SSSR count). The van der Waals surface area contributed by atoms with Gasteiger partial charge in [0, 0.05) is 17.4 Å². The van der Waals surface area contributed by atoms with Crippen LogP contribution < -0.4 is 5.73 Å². The molecule has 0 unspecified atom stereocenters. The standard InChI is InChI=1S/C10H9ClFN3/c11-9-2-1-8(12)5-7(9)6-15-4-3-14-10(15)13/h1-5H,6H2,(H2,13,14). The third kappa shape index (κ3) is 2.10. The molecule has 78 valence electrons. The van der Waals surface area contributed by atoms with Crippen LogP contribution in [0.4, 0.5) is 10.3 Å². The molecule has 1 heterocycles. The monoisotopic (exact) mass is 225 g/mol. The Kier molecular flexibility index (Phi) is 2.60. The Morgan fingerprint density at radius 1 is 1.47 bits per heavy atom. The van der Waals surface area contributed by atoms with Crippen LogP contribution in [0.3, 0.4) is 0 Å². The minimum absolute atomic E-state index is 0.312. The average Bonchev–Trinajstić information content (AvgIpc) is 2.58. The minimum atomic E-state index is -0.312. The van der Waals surface area contributed by atoms with Crippen LogP contribution in [0.5, 0.6) is 0 Å². The number of nitrogens with two attached hydrogens (primary N) is 1. The zero-order valence-electron chi connectivity index (χ0n) is 7.82. The molecule has 2 aromatic rings. The Balaban J connectivity index is 2.32. The van der Waals surface area contributed by atoms with Gasteiger partial charge >= 0.3 is 0 Å². The summed E-state index contributed by atoms with van der Waals surface area (Å²) in [4.78, 5) is 3.87. The summed E-state index contributed by atoms with van der Waals surface area (Å²) in [6, 6.07) is 4.24. The van der Waals surface area contributed by atoms with Crippen LogP contribution in [0.2, 0.25) is 5.02 Å². The molecule has 0 amide bonds. The average molecular weight is 226 g/mol. The molecule has 0 radical (unpaired) electrons. The lowest BCUT2D eigenvalue weighted by Crippen LogP contribution is -2.04. The first-order valence-corrected chi connectivity index (χ1v) is 4.75. The highest BCUT2D eigenvalue weighted by Crippen LogP contribution is 2.18. The van der Waals surface area contributed by atoms with E-state index in [0.717, 1.165) is 0 Å². The summed E-state index contributed by atoms with van der Waals surface area (Å²) in [6.45, 7) is 0.419. The van der Waals surface area contributed by atoms with Gasteiger partial charge in [0.15, 0.2) is 5.95 Å². The SMILES string of the molecule is Nc1nccn1Cc1cc(F)ccc1Cl. The highest BCUT2D eigenvalue weighted by atomic mass is 35.5. The summed E-state index contributed by atoms with van der Waals surface area (Å²) >= 11 is 5.92. The first kappa shape index (κ1) is 9.98. The molecule has 3 nitrogen and oxygen atoms in total. The third-order valence-electron chi connectivity index (χ3n) is 2.10. The number of rotatable bonds is 2. The second kappa shape index (κ2) is 3.90. The molecule has 5 heteroatoms. The molecule has 0 saturated heterocycles. The predicted molar refractivity (Wildman–Crippen MR) is 57.2 cm³/mol. The maximum absolute atomic E-state index is 13.0. The third-order valence-corrected chi connectivity index (χ3v) is 2.46. The summed E-state index contributed by atoms with van der Waals surface area (Å²) in [5, 5.41) is 0.518. The fourth-order valence-electron chi connectivity index (χ4n) is 1.32. The zero-order chi connectivity index (χ0) is 10.8. The number of benzene rings is 1. The van der Waals surface area contributed by atoms with E-state index in [-0.39, 0.29) is 5.82 Å². The molecular weight excluding hydrogens is 217 g/mol. The molecule has 0 fully saturated rings. The van der Waals surface area contributed by atoms with Gasteiger partial charge in [-0.15, -0.1) is 0 Å². The number of hydrogen-bond acceptors (Lipinski definition) is 2. The van der Waals surface area contributed by atoms with Gasteiger partial charge < -0.3 is 10.3 Å². The van der Waals surface area contributed by atoms with E-state index in [0.29, 0.717) is 23.1 Å². The fourth-order valence-corrected chi connectivity index (χ4v) is 1.50. The molecule has 0 atom stereocenters. The summed E-state index contributed by atoms with van der Waals surface area (Å²) < 4.78 is 14.7. The number of anilines is 1. The fraction of sp³-hybridized carbons (Fsp3) is 0.100. The number of hydrogen-bond donors (Lipinski definition) is 1. The highest BCUT2D eigenvalue weighted by Gasteiger charge is 2.04. The Bertz CT molecular complexity index is 481. The Morgan fingerprint density at radius 3 is 2.93 bits per heavy atom. The maximum Gasteiger partial charge on any atom is 0.200 e. The van der Waals surface area contributed by atoms with Crippen molar-refractivity contribution in [3.8, 4) is 0 Å². The van der Waals surface area contributed by atoms with Crippen LogP contribution in [-0.2, 0) is 6.54 Å². The van der Waals surface area contributed by atoms with Crippen molar-refractivity contribution in [2.75, 3.05) is 5.73 Å². The molecule has 0 aliphatic rings. The number of halogens is 2. The van der Waals surface area contributed by atoms with Crippen LogP contribution in [0, 0.1) is 5.82 Å². The van der Waals surface area contributed by atoms with E-state index < -0.39 is 0 Å². The van der Waals surface area contributed by atoms with Gasteiger partial charge in [0.05, 0.1) is 6.54 Å². The minimum Gasteiger partial charge on any atom is -0.369 e. The van der Waals surface area contributed by atoms with E-state index in [1.54, 1.807) is 17.0 Å². The molecule has 1 aromatic heterocycles. The van der Waals surface area contributed by atoms with Crippen molar-refractivity contribution in [1.29, 1.82) is 0 Å². The van der Waals surface area contributed by atoms with Crippen LogP contribution >= 0.6 is 11.6 Å². The lowest BCUT2D eigenvalue weighted by Gasteiger charge is -2.06. The summed E-state index contributed by atoms with van der Waals surface area (Å²) in [5.74, 6) is 0.0726. The summed E-state index contributed by atoms with van der Waals surface area (Å²) in [6.07, 6.45) is 3.30. The molecule has 1 aromatic carbocycles. The first-order valence-electron chi connectivity index (χ1n) is 4.37. The second-order valence-electron chi connectivity index (χ2n) is 3.15. The van der Waals surface area contributed by atoms with Crippen molar-refractivity contribution in [2.45, 2.75) is 6.54 Å². The second-order valence-corrected chi connectivity index (χ2v) is 3.56. The number of imidazole rings is 1. The molecule has 0 saturated carbocycles. The van der Waals surface area contributed by atoms with Gasteiger partial charge in [0.25, 0.3) is 0 Å². The van der Waals surface area contributed by atoms with Crippen LogP contribution in [0.1, 0.15) is 5.56 Å². The lowest BCUT2D eigenvalue weighted by molar-refractivity contribution is 0.623. The van der Waals surface area contributed by atoms with E-state index in [1.165, 1.54) is 18.2 Å². The predicted octanol–water partition coefficient (Wildman–Crippen LogP) is 2.31. The van der Waals surface area contributed by atoms with Gasteiger partial charge in [-0.25, -0.2) is 9.37 Å². The number of nitrogens with zero attached hydrogens (tertiary/aromatic N) is 2. The number of nitrogen functional groups attached to an aromatic ring is 1. The zero-order valence-corrected chi connectivity index (χ0v) is 8.58. The summed E-state index contributed by atoms with van der Waals surface area (Å²) in [5.41, 5.74) is 6.27. The van der Waals surface area contributed by atoms with Gasteiger partial charge in [0.2, 0.25) is 0 Å². The van der Waals surface area contributed by atoms with Crippen LogP contribution in [-0.4, -0.2) is 9.55 Å². The molecular formula is C10H9ClFN3. The normalized spacial score (nSPS) is 10.5. The quantitative estimate of drug-likeness (QED) is 0.853. The Labute approximate surface area is 91.3 Å². The lowest BCUT2D eigenvalue weighted by atomic mass is 10.2. The Hall–Kier alpha value is -1.55. The van der Waals surface area contributed by atoms with Crippen LogP contribution in [0.15, 0.2) is 30.6 Å². The van der Waals surface area contributed by atoms with E-state index in [2.05, 4.69) is 4.98 Å². The van der Waals surface area contributed by atoms with Gasteiger partial charge in [-0.05, 0) is 23.8 Å². The van der Waals surface area contributed by atoms with Crippen molar-refractivity contribution in [3.05, 3.63) is 47.0 Å². The van der Waals surface area contributed by atoms with Gasteiger partial charge in [-0.1, -0.05) is 11.6 Å². The molecule has 0 aliphatic heterocycles.